The van der Waals surface area contributed by atoms with Crippen molar-refractivity contribution in [3.63, 3.8) is 0 Å². The molecule has 4 nitrogen and oxygen atoms in total. The maximum Gasteiger partial charge on any atom is 0.169 e. The standard InChI is InChI=1S/C13H22O4/c1-12(15)7-9(14)11-10(8-12)16-13(17-11)5-3-2-4-6-13/h9-11,14-15H,2-8H2,1H3. The molecule has 0 amide bonds. The van der Waals surface area contributed by atoms with Crippen molar-refractivity contribution in [3.8, 4) is 0 Å². The van der Waals surface area contributed by atoms with Crippen LogP contribution in [0.1, 0.15) is 51.9 Å². The maximum absolute atomic E-state index is 10.1. The Morgan fingerprint density at radius 2 is 1.76 bits per heavy atom. The number of hydrogen-bond acceptors (Lipinski definition) is 4. The van der Waals surface area contributed by atoms with Gasteiger partial charge in [-0.05, 0) is 19.8 Å². The Labute approximate surface area is 102 Å². The fourth-order valence-electron chi connectivity index (χ4n) is 3.59. The van der Waals surface area contributed by atoms with Crippen LogP contribution in [0.15, 0.2) is 0 Å². The predicted octanol–water partition coefficient (Wildman–Crippen LogP) is 1.34. The first-order chi connectivity index (χ1) is 8.00. The molecule has 1 spiro atoms. The maximum atomic E-state index is 10.1. The van der Waals surface area contributed by atoms with Crippen molar-refractivity contribution in [2.75, 3.05) is 0 Å². The summed E-state index contributed by atoms with van der Waals surface area (Å²) in [7, 11) is 0. The third kappa shape index (κ3) is 2.12. The number of ether oxygens (including phenoxy) is 2. The molecule has 2 N–H and O–H groups in total. The van der Waals surface area contributed by atoms with Gasteiger partial charge >= 0.3 is 0 Å². The molecule has 4 heteroatoms. The van der Waals surface area contributed by atoms with Gasteiger partial charge in [0.15, 0.2) is 5.79 Å². The molecule has 0 aromatic carbocycles. The van der Waals surface area contributed by atoms with E-state index in [1.54, 1.807) is 6.92 Å². The summed E-state index contributed by atoms with van der Waals surface area (Å²) in [6.07, 6.45) is 5.31. The van der Waals surface area contributed by atoms with Crippen molar-refractivity contribution < 1.29 is 19.7 Å². The van der Waals surface area contributed by atoms with Crippen molar-refractivity contribution >= 4 is 0 Å². The largest absolute Gasteiger partial charge is 0.390 e. The Hall–Kier alpha value is -0.160. The number of aliphatic hydroxyl groups is 2. The number of aliphatic hydroxyl groups excluding tert-OH is 1. The monoisotopic (exact) mass is 242 g/mol. The molecule has 3 rings (SSSR count). The second-order valence-corrected chi connectivity index (χ2v) is 6.18. The highest BCUT2D eigenvalue weighted by molar-refractivity contribution is 5.00. The Balaban J connectivity index is 1.76. The smallest absolute Gasteiger partial charge is 0.169 e. The highest BCUT2D eigenvalue weighted by Gasteiger charge is 2.55. The van der Waals surface area contributed by atoms with Crippen molar-refractivity contribution in [2.24, 2.45) is 0 Å². The molecule has 17 heavy (non-hydrogen) atoms. The van der Waals surface area contributed by atoms with Gasteiger partial charge in [0.25, 0.3) is 0 Å². The Kier molecular flexibility index (Phi) is 2.74. The number of rotatable bonds is 0. The fraction of sp³-hybridized carbons (Fsp3) is 1.00. The van der Waals surface area contributed by atoms with E-state index < -0.39 is 17.5 Å². The second-order valence-electron chi connectivity index (χ2n) is 6.18. The van der Waals surface area contributed by atoms with E-state index >= 15 is 0 Å². The van der Waals surface area contributed by atoms with Gasteiger partial charge < -0.3 is 19.7 Å². The van der Waals surface area contributed by atoms with Gasteiger partial charge in [-0.1, -0.05) is 6.42 Å². The first-order valence-electron chi connectivity index (χ1n) is 6.76. The van der Waals surface area contributed by atoms with Crippen LogP contribution in [0.25, 0.3) is 0 Å². The Morgan fingerprint density at radius 3 is 2.47 bits per heavy atom. The quantitative estimate of drug-likeness (QED) is 0.673. The van der Waals surface area contributed by atoms with Crippen LogP contribution in [0.2, 0.25) is 0 Å². The summed E-state index contributed by atoms with van der Waals surface area (Å²) < 4.78 is 12.1. The lowest BCUT2D eigenvalue weighted by Gasteiger charge is -2.37. The van der Waals surface area contributed by atoms with Crippen molar-refractivity contribution in [3.05, 3.63) is 0 Å². The average molecular weight is 242 g/mol. The first-order valence-corrected chi connectivity index (χ1v) is 6.76. The van der Waals surface area contributed by atoms with E-state index in [0.717, 1.165) is 25.7 Å². The first kappa shape index (κ1) is 11.9. The average Bonchev–Trinajstić information content (AvgIpc) is 2.56. The van der Waals surface area contributed by atoms with E-state index in [1.165, 1.54) is 6.42 Å². The Bertz CT molecular complexity index is 296. The highest BCUT2D eigenvalue weighted by Crippen LogP contribution is 2.46. The van der Waals surface area contributed by atoms with Gasteiger partial charge in [-0.3, -0.25) is 0 Å². The zero-order valence-electron chi connectivity index (χ0n) is 10.4. The van der Waals surface area contributed by atoms with Gasteiger partial charge in [0.2, 0.25) is 0 Å². The second kappa shape index (κ2) is 3.92. The lowest BCUT2D eigenvalue weighted by atomic mass is 9.81. The van der Waals surface area contributed by atoms with Gasteiger partial charge in [-0.25, -0.2) is 0 Å². The van der Waals surface area contributed by atoms with Gasteiger partial charge in [0.1, 0.15) is 6.10 Å². The summed E-state index contributed by atoms with van der Waals surface area (Å²) in [5.74, 6) is -0.463. The van der Waals surface area contributed by atoms with Crippen LogP contribution in [-0.4, -0.2) is 39.9 Å². The molecular weight excluding hydrogens is 220 g/mol. The molecule has 1 saturated heterocycles. The summed E-state index contributed by atoms with van der Waals surface area (Å²) in [5, 5.41) is 20.1. The molecule has 2 aliphatic carbocycles. The van der Waals surface area contributed by atoms with Crippen LogP contribution in [0.5, 0.6) is 0 Å². The van der Waals surface area contributed by atoms with Crippen LogP contribution >= 0.6 is 0 Å². The minimum absolute atomic E-state index is 0.146. The fourth-order valence-corrected chi connectivity index (χ4v) is 3.59. The zero-order chi connectivity index (χ0) is 12.1. The predicted molar refractivity (Wildman–Crippen MR) is 61.4 cm³/mol. The van der Waals surface area contributed by atoms with E-state index in [4.69, 9.17) is 9.47 Å². The van der Waals surface area contributed by atoms with Crippen LogP contribution in [0.3, 0.4) is 0 Å². The van der Waals surface area contributed by atoms with E-state index in [0.29, 0.717) is 12.8 Å². The minimum atomic E-state index is -0.829. The molecule has 3 fully saturated rings. The summed E-state index contributed by atoms with van der Waals surface area (Å²) in [6.45, 7) is 1.77. The molecule has 3 aliphatic rings. The number of hydrogen-bond donors (Lipinski definition) is 2. The van der Waals surface area contributed by atoms with Crippen molar-refractivity contribution in [1.29, 1.82) is 0 Å². The molecule has 98 valence electrons. The Morgan fingerprint density at radius 1 is 1.06 bits per heavy atom. The van der Waals surface area contributed by atoms with Crippen molar-refractivity contribution in [2.45, 2.75) is 81.6 Å². The van der Waals surface area contributed by atoms with Gasteiger partial charge in [0.05, 0.1) is 17.8 Å². The van der Waals surface area contributed by atoms with Crippen LogP contribution in [0.4, 0.5) is 0 Å². The van der Waals surface area contributed by atoms with Crippen LogP contribution in [-0.2, 0) is 9.47 Å². The van der Waals surface area contributed by atoms with E-state index in [9.17, 15) is 10.2 Å². The summed E-state index contributed by atoms with van der Waals surface area (Å²) in [5.41, 5.74) is -0.829. The highest BCUT2D eigenvalue weighted by atomic mass is 16.8. The molecule has 0 radical (unpaired) electrons. The van der Waals surface area contributed by atoms with E-state index in [1.807, 2.05) is 0 Å². The van der Waals surface area contributed by atoms with Gasteiger partial charge in [0, 0.05) is 25.7 Å². The number of fused-ring (bicyclic) bond motifs is 1. The van der Waals surface area contributed by atoms with E-state index in [2.05, 4.69) is 0 Å². The molecule has 0 aromatic rings. The topological polar surface area (TPSA) is 58.9 Å². The lowest BCUT2D eigenvalue weighted by Crippen LogP contribution is -2.49. The summed E-state index contributed by atoms with van der Waals surface area (Å²) >= 11 is 0. The third-order valence-corrected chi connectivity index (χ3v) is 4.37. The molecule has 1 aliphatic heterocycles. The van der Waals surface area contributed by atoms with Gasteiger partial charge in [-0.15, -0.1) is 0 Å². The molecular formula is C13H22O4. The zero-order valence-corrected chi connectivity index (χ0v) is 10.4. The summed E-state index contributed by atoms with van der Waals surface area (Å²) in [6, 6.07) is 0. The van der Waals surface area contributed by atoms with E-state index in [-0.39, 0.29) is 12.2 Å². The third-order valence-electron chi connectivity index (χ3n) is 4.37. The molecule has 4 atom stereocenters. The molecule has 2 saturated carbocycles. The minimum Gasteiger partial charge on any atom is -0.390 e. The SMILES string of the molecule is CC1(O)CC(O)C2OC3(CCCCC3)OC2C1. The molecule has 1 heterocycles. The summed E-state index contributed by atoms with van der Waals surface area (Å²) in [4.78, 5) is 0. The molecule has 0 bridgehead atoms. The normalized spacial score (nSPS) is 49.2. The van der Waals surface area contributed by atoms with Gasteiger partial charge in [-0.2, -0.15) is 0 Å². The molecule has 4 unspecified atom stereocenters. The molecule has 0 aromatic heterocycles. The van der Waals surface area contributed by atoms with Crippen LogP contribution < -0.4 is 0 Å². The lowest BCUT2D eigenvalue weighted by molar-refractivity contribution is -0.198. The van der Waals surface area contributed by atoms with Crippen molar-refractivity contribution in [1.82, 2.24) is 0 Å². The van der Waals surface area contributed by atoms with Crippen LogP contribution in [0, 0.1) is 0 Å².